The lowest BCUT2D eigenvalue weighted by Crippen LogP contribution is -2.67. The highest BCUT2D eigenvalue weighted by Gasteiger charge is 2.51. The summed E-state index contributed by atoms with van der Waals surface area (Å²) in [4.78, 5) is 0. The Labute approximate surface area is 81.3 Å². The second-order valence-corrected chi connectivity index (χ2v) is 4.45. The normalized spacial score (nSPS) is 30.2. The molecular formula is C11H20N2. The second kappa shape index (κ2) is 3.69. The predicted octanol–water partition coefficient (Wildman–Crippen LogP) is 1.12. The second-order valence-electron chi connectivity index (χ2n) is 4.45. The quantitative estimate of drug-likeness (QED) is 0.639. The maximum atomic E-state index is 5.82. The van der Waals surface area contributed by atoms with Gasteiger partial charge in [0, 0.05) is 12.1 Å². The van der Waals surface area contributed by atoms with Crippen LogP contribution in [0.25, 0.3) is 0 Å². The molecule has 0 aromatic heterocycles. The van der Waals surface area contributed by atoms with Crippen molar-refractivity contribution in [2.45, 2.75) is 39.2 Å². The minimum Gasteiger partial charge on any atom is -0.329 e. The summed E-state index contributed by atoms with van der Waals surface area (Å²) in [5.41, 5.74) is 6.28. The molecule has 1 saturated carbocycles. The van der Waals surface area contributed by atoms with Crippen LogP contribution in [0.3, 0.4) is 0 Å². The third-order valence-corrected chi connectivity index (χ3v) is 3.51. The third-order valence-electron chi connectivity index (χ3n) is 3.51. The minimum atomic E-state index is 0.136. The zero-order valence-corrected chi connectivity index (χ0v) is 8.91. The van der Waals surface area contributed by atoms with Crippen LogP contribution in [-0.2, 0) is 0 Å². The van der Waals surface area contributed by atoms with Crippen molar-refractivity contribution in [1.29, 1.82) is 0 Å². The molecule has 1 fully saturated rings. The van der Waals surface area contributed by atoms with Crippen molar-refractivity contribution in [2.24, 2.45) is 11.1 Å². The molecule has 1 unspecified atom stereocenters. The number of nitrogens with one attached hydrogen (secondary N) is 1. The van der Waals surface area contributed by atoms with Crippen molar-refractivity contribution in [1.82, 2.24) is 5.32 Å². The van der Waals surface area contributed by atoms with Gasteiger partial charge in [-0.3, -0.25) is 5.32 Å². The monoisotopic (exact) mass is 180 g/mol. The van der Waals surface area contributed by atoms with Crippen molar-refractivity contribution in [3.63, 3.8) is 0 Å². The Morgan fingerprint density at radius 1 is 1.38 bits per heavy atom. The summed E-state index contributed by atoms with van der Waals surface area (Å²) in [5, 5.41) is 3.47. The van der Waals surface area contributed by atoms with Gasteiger partial charge in [-0.25, -0.2) is 0 Å². The van der Waals surface area contributed by atoms with E-state index in [4.69, 9.17) is 5.73 Å². The molecule has 0 radical (unpaired) electrons. The lowest BCUT2D eigenvalue weighted by atomic mass is 9.56. The first kappa shape index (κ1) is 10.6. The van der Waals surface area contributed by atoms with Crippen LogP contribution in [0, 0.1) is 17.3 Å². The molecule has 0 aromatic rings. The molecule has 1 atom stereocenters. The van der Waals surface area contributed by atoms with E-state index in [0.29, 0.717) is 12.0 Å². The van der Waals surface area contributed by atoms with Gasteiger partial charge >= 0.3 is 0 Å². The molecular weight excluding hydrogens is 160 g/mol. The Bertz CT molecular complexity index is 230. The summed E-state index contributed by atoms with van der Waals surface area (Å²) < 4.78 is 0. The predicted molar refractivity (Wildman–Crippen MR) is 56.3 cm³/mol. The van der Waals surface area contributed by atoms with Crippen LogP contribution in [0.4, 0.5) is 0 Å². The highest BCUT2D eigenvalue weighted by molar-refractivity contribution is 5.12. The molecule has 3 N–H and O–H groups in total. The van der Waals surface area contributed by atoms with Gasteiger partial charge in [-0.15, -0.1) is 5.92 Å². The molecule has 0 heterocycles. The largest absolute Gasteiger partial charge is 0.329 e. The molecule has 0 bridgehead atoms. The summed E-state index contributed by atoms with van der Waals surface area (Å²) in [6.07, 6.45) is 2.44. The van der Waals surface area contributed by atoms with E-state index in [1.807, 2.05) is 6.92 Å². The highest BCUT2D eigenvalue weighted by Crippen LogP contribution is 2.48. The average Bonchev–Trinajstić information content (AvgIpc) is 2.11. The van der Waals surface area contributed by atoms with Gasteiger partial charge in [0.2, 0.25) is 0 Å². The molecule has 0 aromatic carbocycles. The number of hydrogen-bond donors (Lipinski definition) is 2. The first-order chi connectivity index (χ1) is 6.08. The Morgan fingerprint density at radius 2 is 2.08 bits per heavy atom. The van der Waals surface area contributed by atoms with E-state index in [0.717, 1.165) is 6.54 Å². The topological polar surface area (TPSA) is 38.0 Å². The molecule has 1 aliphatic rings. The van der Waals surface area contributed by atoms with Gasteiger partial charge < -0.3 is 5.73 Å². The molecule has 0 spiro atoms. The first-order valence-electron chi connectivity index (χ1n) is 4.93. The van der Waals surface area contributed by atoms with Gasteiger partial charge in [-0.1, -0.05) is 19.8 Å². The summed E-state index contributed by atoms with van der Waals surface area (Å²) >= 11 is 0. The van der Waals surface area contributed by atoms with Crippen LogP contribution in [0.2, 0.25) is 0 Å². The maximum absolute atomic E-state index is 5.82. The van der Waals surface area contributed by atoms with Crippen molar-refractivity contribution in [3.05, 3.63) is 0 Å². The molecule has 13 heavy (non-hydrogen) atoms. The van der Waals surface area contributed by atoms with E-state index >= 15 is 0 Å². The van der Waals surface area contributed by atoms with E-state index in [1.165, 1.54) is 12.8 Å². The zero-order chi connectivity index (χ0) is 9.95. The van der Waals surface area contributed by atoms with Crippen LogP contribution in [0.15, 0.2) is 0 Å². The lowest BCUT2D eigenvalue weighted by Gasteiger charge is -2.56. The summed E-state index contributed by atoms with van der Waals surface area (Å²) in [7, 11) is 0. The smallest absolute Gasteiger partial charge is 0.0581 e. The van der Waals surface area contributed by atoms with Gasteiger partial charge in [-0.05, 0) is 25.2 Å². The highest BCUT2D eigenvalue weighted by atomic mass is 15.0. The Morgan fingerprint density at radius 3 is 2.38 bits per heavy atom. The fraction of sp³-hybridized carbons (Fsp3) is 0.818. The van der Waals surface area contributed by atoms with Gasteiger partial charge in [0.05, 0.1) is 6.54 Å². The molecule has 1 rings (SSSR count). The number of nitrogens with two attached hydrogens (primary N) is 1. The standard InChI is InChI=1S/C11H20N2/c1-4-5-8-13-11(9-12)7-6-10(11,2)3/h13H,6-9,12H2,1-3H3. The van der Waals surface area contributed by atoms with Gasteiger partial charge in [0.1, 0.15) is 0 Å². The summed E-state index contributed by atoms with van der Waals surface area (Å²) in [6, 6.07) is 0. The molecule has 0 saturated heterocycles. The molecule has 74 valence electrons. The van der Waals surface area contributed by atoms with E-state index < -0.39 is 0 Å². The zero-order valence-electron chi connectivity index (χ0n) is 8.91. The first-order valence-corrected chi connectivity index (χ1v) is 4.93. The summed E-state index contributed by atoms with van der Waals surface area (Å²) in [6.45, 7) is 7.89. The van der Waals surface area contributed by atoms with Gasteiger partial charge in [0.25, 0.3) is 0 Å². The van der Waals surface area contributed by atoms with Gasteiger partial charge in [0.15, 0.2) is 0 Å². The Balaban J connectivity index is 2.54. The molecule has 2 heteroatoms. The van der Waals surface area contributed by atoms with E-state index in [-0.39, 0.29) is 5.54 Å². The lowest BCUT2D eigenvalue weighted by molar-refractivity contribution is 0.0107. The van der Waals surface area contributed by atoms with Gasteiger partial charge in [-0.2, -0.15) is 0 Å². The Kier molecular flexibility index (Phi) is 3.00. The molecule has 0 aliphatic heterocycles. The summed E-state index contributed by atoms with van der Waals surface area (Å²) in [5.74, 6) is 5.91. The maximum Gasteiger partial charge on any atom is 0.0581 e. The fourth-order valence-corrected chi connectivity index (χ4v) is 2.01. The van der Waals surface area contributed by atoms with Crippen molar-refractivity contribution in [3.8, 4) is 11.8 Å². The van der Waals surface area contributed by atoms with Crippen LogP contribution in [0.5, 0.6) is 0 Å². The van der Waals surface area contributed by atoms with Crippen LogP contribution in [0.1, 0.15) is 33.6 Å². The fourth-order valence-electron chi connectivity index (χ4n) is 2.01. The Hall–Kier alpha value is -0.520. The average molecular weight is 180 g/mol. The molecule has 0 amide bonds. The molecule has 2 nitrogen and oxygen atoms in total. The van der Waals surface area contributed by atoms with E-state index in [9.17, 15) is 0 Å². The third kappa shape index (κ3) is 1.72. The molecule has 1 aliphatic carbocycles. The van der Waals surface area contributed by atoms with Crippen molar-refractivity contribution < 1.29 is 0 Å². The minimum absolute atomic E-state index is 0.136. The van der Waals surface area contributed by atoms with Crippen molar-refractivity contribution in [2.75, 3.05) is 13.1 Å². The van der Waals surface area contributed by atoms with Crippen molar-refractivity contribution >= 4 is 0 Å². The SMILES string of the molecule is CC#CCNC1(CN)CCC1(C)C. The number of hydrogen-bond acceptors (Lipinski definition) is 2. The van der Waals surface area contributed by atoms with Crippen LogP contribution >= 0.6 is 0 Å². The van der Waals surface area contributed by atoms with E-state index in [1.54, 1.807) is 0 Å². The van der Waals surface area contributed by atoms with Crippen LogP contribution in [-0.4, -0.2) is 18.6 Å². The number of rotatable bonds is 3. The van der Waals surface area contributed by atoms with E-state index in [2.05, 4.69) is 31.0 Å². The van der Waals surface area contributed by atoms with Crippen LogP contribution < -0.4 is 11.1 Å².